The number of aryl methyl sites for hydroxylation is 2. The highest BCUT2D eigenvalue weighted by atomic mass is 35.5. The van der Waals surface area contributed by atoms with E-state index < -0.39 is 15.8 Å². The predicted molar refractivity (Wildman–Crippen MR) is 73.7 cm³/mol. The number of halogens is 2. The average Bonchev–Trinajstić information content (AvgIpc) is 2.25. The average molecular weight is 316 g/mol. The van der Waals surface area contributed by atoms with Crippen LogP contribution in [0.15, 0.2) is 29.3 Å². The van der Waals surface area contributed by atoms with Crippen LogP contribution in [0.3, 0.4) is 0 Å². The Labute approximate surface area is 120 Å². The van der Waals surface area contributed by atoms with Crippen molar-refractivity contribution in [3.63, 3.8) is 0 Å². The minimum Gasteiger partial charge on any atom is -0.247 e. The smallest absolute Gasteiger partial charge is 0.247 e. The maximum Gasteiger partial charge on any atom is 0.264 e. The molecule has 0 unspecified atom stereocenters. The molecule has 5 nitrogen and oxygen atoms in total. The van der Waals surface area contributed by atoms with Gasteiger partial charge >= 0.3 is 0 Å². The van der Waals surface area contributed by atoms with Gasteiger partial charge in [-0.1, -0.05) is 11.6 Å². The van der Waals surface area contributed by atoms with E-state index >= 15 is 0 Å². The van der Waals surface area contributed by atoms with E-state index in [1.54, 1.807) is 0 Å². The van der Waals surface area contributed by atoms with Crippen molar-refractivity contribution in [2.24, 2.45) is 0 Å². The molecule has 0 saturated heterocycles. The first-order valence-corrected chi connectivity index (χ1v) is 7.44. The molecular formula is C12H11ClFN3O2S. The Balaban J connectivity index is 2.46. The molecular weight excluding hydrogens is 305 g/mol. The molecule has 0 atom stereocenters. The monoisotopic (exact) mass is 315 g/mol. The third kappa shape index (κ3) is 3.05. The van der Waals surface area contributed by atoms with Crippen molar-refractivity contribution < 1.29 is 12.8 Å². The van der Waals surface area contributed by atoms with E-state index in [9.17, 15) is 12.8 Å². The summed E-state index contributed by atoms with van der Waals surface area (Å²) in [6, 6.07) is 3.73. The number of sulfonamides is 1. The Morgan fingerprint density at radius 2 is 1.85 bits per heavy atom. The van der Waals surface area contributed by atoms with Crippen LogP contribution in [0.5, 0.6) is 0 Å². The summed E-state index contributed by atoms with van der Waals surface area (Å²) in [5.41, 5.74) is 0.606. The zero-order valence-corrected chi connectivity index (χ0v) is 12.3. The summed E-state index contributed by atoms with van der Waals surface area (Å²) in [7, 11) is -3.91. The van der Waals surface area contributed by atoms with Crippen LogP contribution < -0.4 is 4.72 Å². The molecule has 0 aliphatic carbocycles. The summed E-state index contributed by atoms with van der Waals surface area (Å²) in [4.78, 5) is 7.52. The molecule has 1 aromatic heterocycles. The van der Waals surface area contributed by atoms with Crippen molar-refractivity contribution in [3.8, 4) is 0 Å². The number of nitrogens with one attached hydrogen (secondary N) is 1. The van der Waals surface area contributed by atoms with Gasteiger partial charge in [0, 0.05) is 6.20 Å². The predicted octanol–water partition coefficient (Wildman–Crippen LogP) is 2.69. The molecule has 1 N–H and O–H groups in total. The van der Waals surface area contributed by atoms with Crippen molar-refractivity contribution in [1.82, 2.24) is 9.97 Å². The van der Waals surface area contributed by atoms with E-state index in [0.29, 0.717) is 11.1 Å². The molecule has 0 aliphatic rings. The highest BCUT2D eigenvalue weighted by molar-refractivity contribution is 7.92. The van der Waals surface area contributed by atoms with Crippen LogP contribution in [0.2, 0.25) is 5.15 Å². The van der Waals surface area contributed by atoms with Gasteiger partial charge in [-0.2, -0.15) is 0 Å². The molecule has 0 spiro atoms. The lowest BCUT2D eigenvalue weighted by Crippen LogP contribution is -2.17. The number of aromatic nitrogens is 2. The lowest BCUT2D eigenvalue weighted by atomic mass is 10.1. The fourth-order valence-electron chi connectivity index (χ4n) is 1.88. The van der Waals surface area contributed by atoms with Gasteiger partial charge in [-0.3, -0.25) is 0 Å². The Morgan fingerprint density at radius 3 is 2.40 bits per heavy atom. The summed E-state index contributed by atoms with van der Waals surface area (Å²) in [6.45, 7) is 3.03. The van der Waals surface area contributed by atoms with Crippen molar-refractivity contribution in [1.29, 1.82) is 0 Å². The van der Waals surface area contributed by atoms with E-state index in [-0.39, 0.29) is 16.0 Å². The number of hydrogen-bond donors (Lipinski definition) is 1. The van der Waals surface area contributed by atoms with Crippen molar-refractivity contribution in [2.45, 2.75) is 18.7 Å². The van der Waals surface area contributed by atoms with E-state index in [4.69, 9.17) is 11.6 Å². The topological polar surface area (TPSA) is 72.0 Å². The highest BCUT2D eigenvalue weighted by Gasteiger charge is 2.21. The molecule has 1 aromatic carbocycles. The molecule has 0 radical (unpaired) electrons. The van der Waals surface area contributed by atoms with Gasteiger partial charge in [0.2, 0.25) is 5.95 Å². The number of benzene rings is 1. The van der Waals surface area contributed by atoms with Crippen LogP contribution in [0.4, 0.5) is 10.3 Å². The lowest BCUT2D eigenvalue weighted by molar-refractivity contribution is 0.597. The number of hydrogen-bond acceptors (Lipinski definition) is 4. The molecule has 0 fully saturated rings. The van der Waals surface area contributed by atoms with Crippen LogP contribution in [-0.2, 0) is 10.0 Å². The molecule has 0 aliphatic heterocycles. The second kappa shape index (κ2) is 5.34. The molecule has 8 heteroatoms. The maximum atomic E-state index is 13.2. The first kappa shape index (κ1) is 14.7. The first-order chi connectivity index (χ1) is 9.29. The van der Waals surface area contributed by atoms with Gasteiger partial charge < -0.3 is 0 Å². The van der Waals surface area contributed by atoms with Crippen molar-refractivity contribution in [2.75, 3.05) is 4.72 Å². The minimum absolute atomic E-state index is 0.00229. The van der Waals surface area contributed by atoms with Gasteiger partial charge in [-0.25, -0.2) is 27.5 Å². The number of anilines is 1. The van der Waals surface area contributed by atoms with Crippen LogP contribution in [0.25, 0.3) is 0 Å². The third-order valence-electron chi connectivity index (χ3n) is 2.54. The van der Waals surface area contributed by atoms with Crippen LogP contribution >= 0.6 is 11.6 Å². The second-order valence-corrected chi connectivity index (χ2v) is 6.18. The van der Waals surface area contributed by atoms with Gasteiger partial charge in [0.15, 0.2) is 0 Å². The minimum atomic E-state index is -3.91. The highest BCUT2D eigenvalue weighted by Crippen LogP contribution is 2.23. The van der Waals surface area contributed by atoms with Crippen LogP contribution in [0.1, 0.15) is 11.1 Å². The molecule has 0 bridgehead atoms. The SMILES string of the molecule is Cc1cc(F)cc(C)c1S(=O)(=O)Nc1nccc(Cl)n1. The van der Waals surface area contributed by atoms with Crippen LogP contribution in [0, 0.1) is 19.7 Å². The summed E-state index contributed by atoms with van der Waals surface area (Å²) >= 11 is 5.67. The van der Waals surface area contributed by atoms with Crippen molar-refractivity contribution in [3.05, 3.63) is 46.5 Å². The fourth-order valence-corrected chi connectivity index (χ4v) is 3.42. The molecule has 1 heterocycles. The largest absolute Gasteiger partial charge is 0.264 e. The van der Waals surface area contributed by atoms with Gasteiger partial charge in [-0.15, -0.1) is 0 Å². The van der Waals surface area contributed by atoms with E-state index in [1.165, 1.54) is 26.1 Å². The Hall–Kier alpha value is -1.73. The van der Waals surface area contributed by atoms with Crippen LogP contribution in [-0.4, -0.2) is 18.4 Å². The van der Waals surface area contributed by atoms with Crippen molar-refractivity contribution >= 4 is 27.6 Å². The fraction of sp³-hybridized carbons (Fsp3) is 0.167. The summed E-state index contributed by atoms with van der Waals surface area (Å²) in [6.07, 6.45) is 1.33. The lowest BCUT2D eigenvalue weighted by Gasteiger charge is -2.12. The van der Waals surface area contributed by atoms with E-state index in [1.807, 2.05) is 0 Å². The molecule has 2 aromatic rings. The van der Waals surface area contributed by atoms with Gasteiger partial charge in [-0.05, 0) is 43.2 Å². The Morgan fingerprint density at radius 1 is 1.25 bits per heavy atom. The molecule has 2 rings (SSSR count). The Bertz CT molecular complexity index is 742. The molecule has 106 valence electrons. The summed E-state index contributed by atoms with van der Waals surface area (Å²) in [5.74, 6) is -0.626. The normalized spacial score (nSPS) is 11.4. The number of rotatable bonds is 3. The zero-order chi connectivity index (χ0) is 14.9. The second-order valence-electron chi connectivity index (χ2n) is 4.18. The molecule has 0 amide bonds. The standard InChI is InChI=1S/C12H11ClFN3O2S/c1-7-5-9(14)6-8(2)11(7)20(18,19)17-12-15-4-3-10(13)16-12/h3-6H,1-2H3,(H,15,16,17). The summed E-state index contributed by atoms with van der Waals surface area (Å²) < 4.78 is 40.1. The zero-order valence-electron chi connectivity index (χ0n) is 10.7. The number of nitrogens with zero attached hydrogens (tertiary/aromatic N) is 2. The van der Waals surface area contributed by atoms with Gasteiger partial charge in [0.25, 0.3) is 10.0 Å². The van der Waals surface area contributed by atoms with Gasteiger partial charge in [0.05, 0.1) is 4.90 Å². The molecule has 20 heavy (non-hydrogen) atoms. The molecule has 0 saturated carbocycles. The quantitative estimate of drug-likeness (QED) is 0.884. The summed E-state index contributed by atoms with van der Waals surface area (Å²) in [5, 5.41) is 0.116. The third-order valence-corrected chi connectivity index (χ3v) is 4.38. The van der Waals surface area contributed by atoms with E-state index in [0.717, 1.165) is 12.1 Å². The maximum absolute atomic E-state index is 13.2. The van der Waals surface area contributed by atoms with Gasteiger partial charge in [0.1, 0.15) is 11.0 Å². The Kier molecular flexibility index (Phi) is 3.92. The van der Waals surface area contributed by atoms with E-state index in [2.05, 4.69) is 14.7 Å². The first-order valence-electron chi connectivity index (χ1n) is 5.58.